The van der Waals surface area contributed by atoms with Gasteiger partial charge in [0.05, 0.1) is 4.92 Å². The minimum atomic E-state index is -0.604. The van der Waals surface area contributed by atoms with Gasteiger partial charge >= 0.3 is 0 Å². The van der Waals surface area contributed by atoms with Crippen LogP contribution >= 0.6 is 12.6 Å². The van der Waals surface area contributed by atoms with Crippen molar-refractivity contribution < 1.29 is 4.92 Å². The molecule has 0 atom stereocenters. The first-order valence-electron chi connectivity index (χ1n) is 3.00. The molecule has 0 heterocycles. The van der Waals surface area contributed by atoms with Gasteiger partial charge in [0.1, 0.15) is 11.6 Å². The third-order valence-corrected chi connectivity index (χ3v) is 1.54. The third-order valence-electron chi connectivity index (χ3n) is 1.29. The van der Waals surface area contributed by atoms with E-state index in [9.17, 15) is 10.1 Å². The molecule has 1 aromatic carbocycles. The molecule has 5 heteroatoms. The van der Waals surface area contributed by atoms with Crippen molar-refractivity contribution in [3.8, 4) is 6.07 Å². The first-order valence-corrected chi connectivity index (χ1v) is 3.41. The largest absolute Gasteiger partial charge is 0.287 e. The maximum Gasteiger partial charge on any atom is 0.287 e. The summed E-state index contributed by atoms with van der Waals surface area (Å²) < 4.78 is 0. The zero-order valence-electron chi connectivity index (χ0n) is 5.85. The summed E-state index contributed by atoms with van der Waals surface area (Å²) in [5, 5.41) is 18.8. The molecular weight excluding hydrogens is 176 g/mol. The molecule has 1 radical (unpaired) electrons. The summed E-state index contributed by atoms with van der Waals surface area (Å²) in [4.78, 5) is 10.1. The highest BCUT2D eigenvalue weighted by atomic mass is 32.1. The molecule has 12 heavy (non-hydrogen) atoms. The Kier molecular flexibility index (Phi) is 2.21. The fourth-order valence-electron chi connectivity index (χ4n) is 0.764. The number of nitro groups is 1. The number of rotatable bonds is 1. The molecular formula is C7H3N2O2S. The van der Waals surface area contributed by atoms with Crippen LogP contribution in [-0.4, -0.2) is 4.92 Å². The SMILES string of the molecule is N#Cc1cc([S])ccc1[N+](=O)[O-]. The van der Waals surface area contributed by atoms with Crippen LogP contribution in [0.1, 0.15) is 5.56 Å². The van der Waals surface area contributed by atoms with Gasteiger partial charge in [-0.15, -0.1) is 0 Å². The first kappa shape index (κ1) is 8.43. The van der Waals surface area contributed by atoms with Crippen molar-refractivity contribution in [1.82, 2.24) is 0 Å². The molecule has 59 valence electrons. The molecule has 0 amide bonds. The molecule has 0 aliphatic rings. The Hall–Kier alpha value is -1.67. The fraction of sp³-hybridized carbons (Fsp3) is 0. The number of nitro benzene ring substituents is 1. The average Bonchev–Trinajstić information content (AvgIpc) is 2.03. The lowest BCUT2D eigenvalue weighted by Gasteiger charge is -1.93. The van der Waals surface area contributed by atoms with E-state index in [1.165, 1.54) is 18.2 Å². The molecule has 0 saturated heterocycles. The summed E-state index contributed by atoms with van der Waals surface area (Å²) in [7, 11) is 0. The highest BCUT2D eigenvalue weighted by Gasteiger charge is 2.12. The highest BCUT2D eigenvalue weighted by molar-refractivity contribution is 7.80. The van der Waals surface area contributed by atoms with Crippen molar-refractivity contribution in [2.75, 3.05) is 0 Å². The molecule has 1 aromatic rings. The fourth-order valence-corrected chi connectivity index (χ4v) is 0.950. The Morgan fingerprint density at radius 1 is 1.58 bits per heavy atom. The number of benzene rings is 1. The van der Waals surface area contributed by atoms with E-state index in [0.717, 1.165) is 0 Å². The molecule has 1 rings (SSSR count). The summed E-state index contributed by atoms with van der Waals surface area (Å²) >= 11 is 4.74. The van der Waals surface area contributed by atoms with Crippen LogP contribution in [0.3, 0.4) is 0 Å². The van der Waals surface area contributed by atoms with Crippen molar-refractivity contribution in [2.24, 2.45) is 0 Å². The zero-order chi connectivity index (χ0) is 9.14. The van der Waals surface area contributed by atoms with E-state index in [0.29, 0.717) is 4.90 Å². The topological polar surface area (TPSA) is 66.9 Å². The summed E-state index contributed by atoms with van der Waals surface area (Å²) in [6.45, 7) is 0. The van der Waals surface area contributed by atoms with Crippen LogP contribution < -0.4 is 0 Å². The van der Waals surface area contributed by atoms with Crippen molar-refractivity contribution in [3.05, 3.63) is 33.9 Å². The normalized spacial score (nSPS) is 8.92. The lowest BCUT2D eigenvalue weighted by molar-refractivity contribution is -0.385. The molecule has 0 fully saturated rings. The molecule has 0 aliphatic carbocycles. The molecule has 0 aliphatic heterocycles. The van der Waals surface area contributed by atoms with Gasteiger partial charge in [-0.25, -0.2) is 0 Å². The van der Waals surface area contributed by atoms with E-state index in [1.54, 1.807) is 6.07 Å². The van der Waals surface area contributed by atoms with Crippen molar-refractivity contribution in [2.45, 2.75) is 4.90 Å². The van der Waals surface area contributed by atoms with Gasteiger partial charge in [-0.3, -0.25) is 10.1 Å². The van der Waals surface area contributed by atoms with Crippen LogP contribution in [-0.2, 0) is 0 Å². The Morgan fingerprint density at radius 3 is 2.75 bits per heavy atom. The van der Waals surface area contributed by atoms with Gasteiger partial charge in [0.25, 0.3) is 5.69 Å². The Balaban J connectivity index is 3.32. The van der Waals surface area contributed by atoms with Crippen molar-refractivity contribution >= 4 is 18.3 Å². The van der Waals surface area contributed by atoms with Crippen LogP contribution in [0.5, 0.6) is 0 Å². The lowest BCUT2D eigenvalue weighted by Crippen LogP contribution is -1.91. The minimum absolute atomic E-state index is 0.00694. The molecule has 0 unspecified atom stereocenters. The standard InChI is InChI=1S/C7H3N2O2S/c8-4-5-3-6(12)1-2-7(5)9(10)11/h1-3H. The van der Waals surface area contributed by atoms with E-state index < -0.39 is 4.92 Å². The van der Waals surface area contributed by atoms with Crippen molar-refractivity contribution in [1.29, 1.82) is 5.26 Å². The van der Waals surface area contributed by atoms with Gasteiger partial charge < -0.3 is 0 Å². The lowest BCUT2D eigenvalue weighted by atomic mass is 10.2. The zero-order valence-corrected chi connectivity index (χ0v) is 6.67. The average molecular weight is 179 g/mol. The summed E-state index contributed by atoms with van der Waals surface area (Å²) in [5.41, 5.74) is -0.196. The smallest absolute Gasteiger partial charge is 0.258 e. The molecule has 0 aromatic heterocycles. The van der Waals surface area contributed by atoms with Gasteiger partial charge in [-0.2, -0.15) is 5.26 Å². The van der Waals surface area contributed by atoms with Crippen LogP contribution in [0.2, 0.25) is 0 Å². The van der Waals surface area contributed by atoms with Crippen LogP contribution in [0, 0.1) is 21.4 Å². The molecule has 0 bridgehead atoms. The maximum absolute atomic E-state index is 10.3. The minimum Gasteiger partial charge on any atom is -0.258 e. The predicted octanol–water partition coefficient (Wildman–Crippen LogP) is 2.02. The Bertz CT molecular complexity index is 370. The Morgan fingerprint density at radius 2 is 2.25 bits per heavy atom. The van der Waals surface area contributed by atoms with E-state index >= 15 is 0 Å². The maximum atomic E-state index is 10.3. The van der Waals surface area contributed by atoms with E-state index in [-0.39, 0.29) is 11.3 Å². The van der Waals surface area contributed by atoms with Crippen LogP contribution in [0.15, 0.2) is 23.1 Å². The molecule has 0 N–H and O–H groups in total. The number of hydrogen-bond acceptors (Lipinski definition) is 3. The van der Waals surface area contributed by atoms with Gasteiger partial charge in [-0.05, 0) is 12.1 Å². The number of hydrogen-bond donors (Lipinski definition) is 0. The molecule has 4 nitrogen and oxygen atoms in total. The van der Waals surface area contributed by atoms with E-state index in [1.807, 2.05) is 0 Å². The number of nitrogens with zero attached hydrogens (tertiary/aromatic N) is 2. The number of nitriles is 1. The van der Waals surface area contributed by atoms with Crippen molar-refractivity contribution in [3.63, 3.8) is 0 Å². The van der Waals surface area contributed by atoms with Gasteiger partial charge in [0.2, 0.25) is 0 Å². The molecule has 0 saturated carbocycles. The second kappa shape index (κ2) is 3.15. The monoisotopic (exact) mass is 179 g/mol. The third kappa shape index (κ3) is 1.49. The summed E-state index contributed by atoms with van der Waals surface area (Å²) in [5.74, 6) is 0. The van der Waals surface area contributed by atoms with Gasteiger partial charge in [0.15, 0.2) is 0 Å². The second-order valence-electron chi connectivity index (χ2n) is 2.05. The van der Waals surface area contributed by atoms with Crippen LogP contribution in [0.25, 0.3) is 0 Å². The van der Waals surface area contributed by atoms with E-state index in [2.05, 4.69) is 0 Å². The summed E-state index contributed by atoms with van der Waals surface area (Å²) in [6, 6.07) is 5.68. The van der Waals surface area contributed by atoms with Gasteiger partial charge in [0, 0.05) is 11.0 Å². The van der Waals surface area contributed by atoms with E-state index in [4.69, 9.17) is 17.9 Å². The predicted molar refractivity (Wildman–Crippen MR) is 43.7 cm³/mol. The summed E-state index contributed by atoms with van der Waals surface area (Å²) in [6.07, 6.45) is 0. The quantitative estimate of drug-likeness (QED) is 0.489. The highest BCUT2D eigenvalue weighted by Crippen LogP contribution is 2.20. The molecule has 0 spiro atoms. The van der Waals surface area contributed by atoms with Crippen LogP contribution in [0.4, 0.5) is 5.69 Å². The first-order chi connectivity index (χ1) is 5.65. The van der Waals surface area contributed by atoms with Gasteiger partial charge in [-0.1, -0.05) is 12.6 Å². The second-order valence-corrected chi connectivity index (χ2v) is 2.52. The Labute approximate surface area is 74.0 Å².